The van der Waals surface area contributed by atoms with E-state index in [1.165, 1.54) is 4.88 Å². The predicted molar refractivity (Wildman–Crippen MR) is 95.7 cm³/mol. The number of amides is 1. The number of carbonyl (C=O) groups is 1. The molecule has 0 unspecified atom stereocenters. The number of hydrogen-bond acceptors (Lipinski definition) is 4. The van der Waals surface area contributed by atoms with Crippen LogP contribution in [0.4, 0.5) is 0 Å². The minimum atomic E-state index is -0.300. The standard InChI is InChI=1S/C17H19ClN2O2S/c1-4-14-6-8-16(23-14)12(3)19-20-17(21)10-22-15-7-5-13(18)9-11(15)2/h5-9H,4,10H2,1-3H3,(H,20,21). The van der Waals surface area contributed by atoms with Crippen molar-refractivity contribution in [3.63, 3.8) is 0 Å². The number of nitrogens with zero attached hydrogens (tertiary/aromatic N) is 1. The Morgan fingerprint density at radius 3 is 2.78 bits per heavy atom. The molecular weight excluding hydrogens is 332 g/mol. The van der Waals surface area contributed by atoms with E-state index in [0.717, 1.165) is 22.6 Å². The first kappa shape index (κ1) is 17.5. The molecule has 6 heteroatoms. The number of thiophene rings is 1. The van der Waals surface area contributed by atoms with Crippen LogP contribution in [0.1, 0.15) is 29.2 Å². The Labute approximate surface area is 145 Å². The van der Waals surface area contributed by atoms with Gasteiger partial charge in [-0.3, -0.25) is 4.79 Å². The number of halogens is 1. The van der Waals surface area contributed by atoms with Crippen molar-refractivity contribution in [2.75, 3.05) is 6.61 Å². The maximum absolute atomic E-state index is 11.8. The van der Waals surface area contributed by atoms with Crippen LogP contribution < -0.4 is 10.2 Å². The lowest BCUT2D eigenvalue weighted by Gasteiger charge is -2.08. The Bertz CT molecular complexity index is 725. The summed E-state index contributed by atoms with van der Waals surface area (Å²) >= 11 is 7.56. The Hall–Kier alpha value is -1.85. The molecule has 0 spiro atoms. The van der Waals surface area contributed by atoms with Gasteiger partial charge in [-0.25, -0.2) is 5.43 Å². The van der Waals surface area contributed by atoms with E-state index < -0.39 is 0 Å². The van der Waals surface area contributed by atoms with Crippen LogP contribution in [-0.4, -0.2) is 18.2 Å². The predicted octanol–water partition coefficient (Wildman–Crippen LogP) is 4.19. The van der Waals surface area contributed by atoms with Crippen molar-refractivity contribution in [1.29, 1.82) is 0 Å². The molecule has 0 aliphatic carbocycles. The zero-order valence-electron chi connectivity index (χ0n) is 13.4. The Morgan fingerprint density at radius 1 is 1.35 bits per heavy atom. The fourth-order valence-electron chi connectivity index (χ4n) is 1.91. The third kappa shape index (κ3) is 5.08. The summed E-state index contributed by atoms with van der Waals surface area (Å²) in [4.78, 5) is 14.2. The van der Waals surface area contributed by atoms with Gasteiger partial charge in [0, 0.05) is 9.90 Å². The summed E-state index contributed by atoms with van der Waals surface area (Å²) in [6.07, 6.45) is 0.999. The van der Waals surface area contributed by atoms with Crippen LogP contribution in [0, 0.1) is 6.92 Å². The van der Waals surface area contributed by atoms with Gasteiger partial charge in [0.1, 0.15) is 5.75 Å². The molecule has 0 saturated carbocycles. The molecule has 0 aliphatic heterocycles. The number of benzene rings is 1. The van der Waals surface area contributed by atoms with Crippen molar-refractivity contribution < 1.29 is 9.53 Å². The van der Waals surface area contributed by atoms with Gasteiger partial charge in [0.05, 0.1) is 10.6 Å². The average molecular weight is 351 g/mol. The van der Waals surface area contributed by atoms with E-state index in [9.17, 15) is 4.79 Å². The van der Waals surface area contributed by atoms with Gasteiger partial charge >= 0.3 is 0 Å². The van der Waals surface area contributed by atoms with E-state index in [4.69, 9.17) is 16.3 Å². The van der Waals surface area contributed by atoms with Gasteiger partial charge in [-0.15, -0.1) is 11.3 Å². The largest absolute Gasteiger partial charge is 0.483 e. The molecule has 0 bridgehead atoms. The van der Waals surface area contributed by atoms with Crippen LogP contribution in [0.2, 0.25) is 5.02 Å². The Balaban J connectivity index is 1.88. The molecule has 0 aliphatic rings. The highest BCUT2D eigenvalue weighted by Gasteiger charge is 2.06. The van der Waals surface area contributed by atoms with E-state index in [1.807, 2.05) is 19.9 Å². The normalized spacial score (nSPS) is 11.4. The maximum atomic E-state index is 11.8. The van der Waals surface area contributed by atoms with Gasteiger partial charge in [0.2, 0.25) is 0 Å². The Morgan fingerprint density at radius 2 is 2.13 bits per heavy atom. The summed E-state index contributed by atoms with van der Waals surface area (Å²) in [7, 11) is 0. The molecule has 2 aromatic rings. The van der Waals surface area contributed by atoms with Gasteiger partial charge < -0.3 is 4.74 Å². The third-order valence-electron chi connectivity index (χ3n) is 3.21. The van der Waals surface area contributed by atoms with E-state index in [0.29, 0.717) is 10.8 Å². The van der Waals surface area contributed by atoms with E-state index in [1.54, 1.807) is 29.5 Å². The molecule has 1 aromatic carbocycles. The average Bonchev–Trinajstić information content (AvgIpc) is 3.01. The fraction of sp³-hybridized carbons (Fsp3) is 0.294. The molecule has 2 rings (SSSR count). The summed E-state index contributed by atoms with van der Waals surface area (Å²) in [6.45, 7) is 5.77. The van der Waals surface area contributed by atoms with Gasteiger partial charge in [-0.2, -0.15) is 5.10 Å². The summed E-state index contributed by atoms with van der Waals surface area (Å²) in [5, 5.41) is 4.76. The minimum absolute atomic E-state index is 0.0934. The van der Waals surface area contributed by atoms with Crippen LogP contribution >= 0.6 is 22.9 Å². The quantitative estimate of drug-likeness (QED) is 0.627. The molecule has 122 valence electrons. The second kappa shape index (κ2) is 8.13. The monoisotopic (exact) mass is 350 g/mol. The molecule has 4 nitrogen and oxygen atoms in total. The van der Waals surface area contributed by atoms with Gasteiger partial charge in [0.15, 0.2) is 6.61 Å². The summed E-state index contributed by atoms with van der Waals surface area (Å²) < 4.78 is 5.48. The second-order valence-electron chi connectivity index (χ2n) is 5.05. The first-order valence-corrected chi connectivity index (χ1v) is 8.50. The number of aryl methyl sites for hydroxylation is 2. The van der Waals surface area contributed by atoms with E-state index in [-0.39, 0.29) is 12.5 Å². The molecular formula is C17H19ClN2O2S. The topological polar surface area (TPSA) is 50.7 Å². The molecule has 0 radical (unpaired) electrons. The van der Waals surface area contributed by atoms with Crippen molar-refractivity contribution in [2.45, 2.75) is 27.2 Å². The van der Waals surface area contributed by atoms with Crippen LogP contribution in [-0.2, 0) is 11.2 Å². The van der Waals surface area contributed by atoms with Crippen LogP contribution in [0.15, 0.2) is 35.4 Å². The van der Waals surface area contributed by atoms with Crippen molar-refractivity contribution in [3.8, 4) is 5.75 Å². The molecule has 1 amide bonds. The minimum Gasteiger partial charge on any atom is -0.483 e. The SMILES string of the molecule is CCc1ccc(C(C)=NNC(=O)COc2ccc(Cl)cc2C)s1. The number of nitrogens with one attached hydrogen (secondary N) is 1. The number of carbonyl (C=O) groups excluding carboxylic acids is 1. The van der Waals surface area contributed by atoms with Crippen LogP contribution in [0.25, 0.3) is 0 Å². The Kier molecular flexibility index (Phi) is 6.19. The number of hydrogen-bond donors (Lipinski definition) is 1. The van der Waals surface area contributed by atoms with Gasteiger partial charge in [-0.05, 0) is 56.2 Å². The number of rotatable bonds is 6. The lowest BCUT2D eigenvalue weighted by Crippen LogP contribution is -2.25. The van der Waals surface area contributed by atoms with Crippen LogP contribution in [0.3, 0.4) is 0 Å². The van der Waals surface area contributed by atoms with E-state index in [2.05, 4.69) is 23.5 Å². The molecule has 0 atom stereocenters. The van der Waals surface area contributed by atoms with Gasteiger partial charge in [0.25, 0.3) is 5.91 Å². The van der Waals surface area contributed by atoms with Crippen LogP contribution in [0.5, 0.6) is 5.75 Å². The zero-order valence-corrected chi connectivity index (χ0v) is 14.9. The van der Waals surface area contributed by atoms with E-state index >= 15 is 0 Å². The smallest absolute Gasteiger partial charge is 0.277 e. The fourth-order valence-corrected chi connectivity index (χ4v) is 3.03. The highest BCUT2D eigenvalue weighted by atomic mass is 35.5. The third-order valence-corrected chi connectivity index (χ3v) is 4.78. The second-order valence-corrected chi connectivity index (χ2v) is 6.65. The van der Waals surface area contributed by atoms with Crippen molar-refractivity contribution >= 4 is 34.6 Å². The maximum Gasteiger partial charge on any atom is 0.277 e. The summed E-state index contributed by atoms with van der Waals surface area (Å²) in [5.74, 6) is 0.335. The number of ether oxygens (including phenoxy) is 1. The molecule has 1 N–H and O–H groups in total. The van der Waals surface area contributed by atoms with Crippen molar-refractivity contribution in [2.24, 2.45) is 5.10 Å². The summed E-state index contributed by atoms with van der Waals surface area (Å²) in [6, 6.07) is 9.36. The first-order valence-electron chi connectivity index (χ1n) is 7.30. The number of hydrazone groups is 1. The van der Waals surface area contributed by atoms with Crippen molar-refractivity contribution in [1.82, 2.24) is 5.43 Å². The molecule has 1 heterocycles. The lowest BCUT2D eigenvalue weighted by atomic mass is 10.2. The first-order chi connectivity index (χ1) is 11.0. The highest BCUT2D eigenvalue weighted by Crippen LogP contribution is 2.21. The molecule has 0 fully saturated rings. The van der Waals surface area contributed by atoms with Gasteiger partial charge in [-0.1, -0.05) is 18.5 Å². The molecule has 0 saturated heterocycles. The summed E-state index contributed by atoms with van der Waals surface area (Å²) in [5.41, 5.74) is 4.18. The lowest BCUT2D eigenvalue weighted by molar-refractivity contribution is -0.123. The highest BCUT2D eigenvalue weighted by molar-refractivity contribution is 7.14. The zero-order chi connectivity index (χ0) is 16.8. The molecule has 1 aromatic heterocycles. The molecule has 23 heavy (non-hydrogen) atoms. The van der Waals surface area contributed by atoms with Crippen molar-refractivity contribution in [3.05, 3.63) is 50.7 Å².